The van der Waals surface area contributed by atoms with Crippen LogP contribution in [-0.4, -0.2) is 51.8 Å². The van der Waals surface area contributed by atoms with Gasteiger partial charge in [0.15, 0.2) is 0 Å². The topological polar surface area (TPSA) is 72.2 Å². The van der Waals surface area contributed by atoms with E-state index < -0.39 is 6.72 Å². The second kappa shape index (κ2) is 12.0. The fourth-order valence-corrected chi connectivity index (χ4v) is 3.97. The minimum atomic E-state index is -2.69. The largest absolute Gasteiger partial charge is 0.378 e. The SMILES string of the molecule is CC(C)OP(=S)(OCCOCCOCCN)OC(C)C. The third kappa shape index (κ3) is 12.2. The lowest BCUT2D eigenvalue weighted by Crippen LogP contribution is -2.14. The molecule has 0 rings (SSSR count). The molecule has 0 saturated heterocycles. The van der Waals surface area contributed by atoms with Gasteiger partial charge < -0.3 is 28.8 Å². The molecule has 0 aromatic rings. The Balaban J connectivity index is 3.82. The Morgan fingerprint density at radius 3 is 1.75 bits per heavy atom. The average molecular weight is 329 g/mol. The van der Waals surface area contributed by atoms with E-state index >= 15 is 0 Å². The van der Waals surface area contributed by atoms with Gasteiger partial charge in [-0.05, 0) is 39.5 Å². The highest BCUT2D eigenvalue weighted by atomic mass is 32.5. The molecule has 0 amide bonds. The van der Waals surface area contributed by atoms with E-state index in [2.05, 4.69) is 0 Å². The maximum atomic E-state index is 5.60. The Kier molecular flexibility index (Phi) is 12.3. The molecule has 0 bridgehead atoms. The highest BCUT2D eigenvalue weighted by molar-refractivity contribution is 8.07. The monoisotopic (exact) mass is 329 g/mol. The van der Waals surface area contributed by atoms with E-state index in [1.165, 1.54) is 0 Å². The first kappa shape index (κ1) is 20.4. The Labute approximate surface area is 127 Å². The van der Waals surface area contributed by atoms with Crippen molar-refractivity contribution in [3.05, 3.63) is 0 Å². The summed E-state index contributed by atoms with van der Waals surface area (Å²) in [5.74, 6) is 0. The van der Waals surface area contributed by atoms with Gasteiger partial charge in [-0.3, -0.25) is 0 Å². The number of nitrogens with two attached hydrogens (primary N) is 1. The van der Waals surface area contributed by atoms with Crippen LogP contribution in [0.1, 0.15) is 27.7 Å². The van der Waals surface area contributed by atoms with Crippen molar-refractivity contribution in [2.75, 3.05) is 39.6 Å². The van der Waals surface area contributed by atoms with E-state index in [4.69, 9.17) is 40.6 Å². The van der Waals surface area contributed by atoms with Gasteiger partial charge in [-0.2, -0.15) is 0 Å². The van der Waals surface area contributed by atoms with Crippen LogP contribution in [0.15, 0.2) is 0 Å². The summed E-state index contributed by atoms with van der Waals surface area (Å²) in [4.78, 5) is 0. The first-order chi connectivity index (χ1) is 9.39. The molecule has 0 aromatic heterocycles. The molecule has 0 saturated carbocycles. The molecule has 0 aliphatic heterocycles. The van der Waals surface area contributed by atoms with Crippen molar-refractivity contribution in [2.24, 2.45) is 5.73 Å². The average Bonchev–Trinajstić information content (AvgIpc) is 2.30. The van der Waals surface area contributed by atoms with Crippen molar-refractivity contribution in [3.63, 3.8) is 0 Å². The van der Waals surface area contributed by atoms with E-state index in [9.17, 15) is 0 Å². The van der Waals surface area contributed by atoms with Gasteiger partial charge in [-0.25, -0.2) is 0 Å². The zero-order chi connectivity index (χ0) is 15.4. The molecule has 0 aromatic carbocycles. The van der Waals surface area contributed by atoms with E-state index in [1.807, 2.05) is 27.7 Å². The van der Waals surface area contributed by atoms with Gasteiger partial charge in [0, 0.05) is 6.54 Å². The molecular formula is C12H28NO5PS. The van der Waals surface area contributed by atoms with Crippen LogP contribution in [0.3, 0.4) is 0 Å². The molecule has 0 radical (unpaired) electrons. The normalized spacial score (nSPS) is 12.6. The van der Waals surface area contributed by atoms with Crippen molar-refractivity contribution in [1.82, 2.24) is 0 Å². The van der Waals surface area contributed by atoms with Crippen molar-refractivity contribution < 1.29 is 23.0 Å². The molecule has 0 aliphatic carbocycles. The van der Waals surface area contributed by atoms with Gasteiger partial charge >= 0.3 is 6.72 Å². The van der Waals surface area contributed by atoms with Crippen LogP contribution in [0.5, 0.6) is 0 Å². The van der Waals surface area contributed by atoms with Crippen LogP contribution in [0, 0.1) is 0 Å². The first-order valence-corrected chi connectivity index (χ1v) is 9.42. The molecular weight excluding hydrogens is 301 g/mol. The maximum Gasteiger partial charge on any atom is 0.327 e. The lowest BCUT2D eigenvalue weighted by atomic mass is 10.5. The fourth-order valence-electron chi connectivity index (χ4n) is 1.22. The summed E-state index contributed by atoms with van der Waals surface area (Å²) in [5, 5.41) is 0. The number of ether oxygens (including phenoxy) is 2. The van der Waals surface area contributed by atoms with Crippen molar-refractivity contribution in [1.29, 1.82) is 0 Å². The summed E-state index contributed by atoms with van der Waals surface area (Å²) in [7, 11) is 0. The Bertz CT molecular complexity index is 265. The third-order valence-electron chi connectivity index (χ3n) is 1.79. The van der Waals surface area contributed by atoms with Crippen molar-refractivity contribution >= 4 is 18.5 Å². The molecule has 0 atom stereocenters. The molecule has 0 heterocycles. The highest BCUT2D eigenvalue weighted by Crippen LogP contribution is 2.51. The number of rotatable bonds is 13. The van der Waals surface area contributed by atoms with Gasteiger partial charge in [-0.1, -0.05) is 0 Å². The minimum Gasteiger partial charge on any atom is -0.378 e. The van der Waals surface area contributed by atoms with Crippen molar-refractivity contribution in [3.8, 4) is 0 Å². The van der Waals surface area contributed by atoms with Gasteiger partial charge in [0.2, 0.25) is 0 Å². The Morgan fingerprint density at radius 2 is 1.30 bits per heavy atom. The molecule has 2 N–H and O–H groups in total. The molecule has 0 spiro atoms. The second-order valence-electron chi connectivity index (χ2n) is 4.60. The molecule has 8 heteroatoms. The Hall–Kier alpha value is 0.410. The van der Waals surface area contributed by atoms with E-state index in [0.29, 0.717) is 39.6 Å². The second-order valence-corrected chi connectivity index (χ2v) is 7.52. The van der Waals surface area contributed by atoms with E-state index in [0.717, 1.165) is 0 Å². The first-order valence-electron chi connectivity index (χ1n) is 6.86. The lowest BCUT2D eigenvalue weighted by Gasteiger charge is -2.25. The lowest BCUT2D eigenvalue weighted by molar-refractivity contribution is 0.0305. The van der Waals surface area contributed by atoms with Gasteiger partial charge in [0.1, 0.15) is 0 Å². The van der Waals surface area contributed by atoms with Crippen LogP contribution >= 0.6 is 6.72 Å². The number of hydrogen-bond acceptors (Lipinski definition) is 7. The molecule has 0 aliphatic rings. The zero-order valence-corrected chi connectivity index (χ0v) is 14.6. The summed E-state index contributed by atoms with van der Waals surface area (Å²) in [5.41, 5.74) is 5.30. The quantitative estimate of drug-likeness (QED) is 0.409. The van der Waals surface area contributed by atoms with Crippen LogP contribution in [-0.2, 0) is 34.9 Å². The van der Waals surface area contributed by atoms with Gasteiger partial charge in [-0.15, -0.1) is 0 Å². The predicted octanol–water partition coefficient (Wildman–Crippen LogP) is 2.07. The fraction of sp³-hybridized carbons (Fsp3) is 1.00. The Morgan fingerprint density at radius 1 is 0.850 bits per heavy atom. The standard InChI is InChI=1S/C12H28NO5PS/c1-11(2)17-19(20,18-12(3)4)16-10-9-15-8-7-14-6-5-13/h11-12H,5-10,13H2,1-4H3. The summed E-state index contributed by atoms with van der Waals surface area (Å²) in [6.45, 7) is 7.77. The maximum absolute atomic E-state index is 5.60. The smallest absolute Gasteiger partial charge is 0.327 e. The summed E-state index contributed by atoms with van der Waals surface area (Å²) in [6.07, 6.45) is -0.0738. The minimum absolute atomic E-state index is 0.0369. The number of hydrogen-bond donors (Lipinski definition) is 1. The van der Waals surface area contributed by atoms with E-state index in [-0.39, 0.29) is 12.2 Å². The van der Waals surface area contributed by atoms with Crippen LogP contribution in [0.25, 0.3) is 0 Å². The third-order valence-corrected chi connectivity index (χ3v) is 4.48. The molecule has 0 fully saturated rings. The highest BCUT2D eigenvalue weighted by Gasteiger charge is 2.23. The molecule has 0 unspecified atom stereocenters. The van der Waals surface area contributed by atoms with Gasteiger partial charge in [0.25, 0.3) is 0 Å². The van der Waals surface area contributed by atoms with Crippen LogP contribution < -0.4 is 5.73 Å². The zero-order valence-electron chi connectivity index (χ0n) is 12.9. The van der Waals surface area contributed by atoms with E-state index in [1.54, 1.807) is 0 Å². The van der Waals surface area contributed by atoms with Crippen LogP contribution in [0.4, 0.5) is 0 Å². The summed E-state index contributed by atoms with van der Waals surface area (Å²) < 4.78 is 27.3. The summed E-state index contributed by atoms with van der Waals surface area (Å²) >= 11 is 5.34. The summed E-state index contributed by atoms with van der Waals surface area (Å²) in [6, 6.07) is 0. The molecule has 122 valence electrons. The van der Waals surface area contributed by atoms with Crippen molar-refractivity contribution in [2.45, 2.75) is 39.9 Å². The van der Waals surface area contributed by atoms with Crippen LogP contribution in [0.2, 0.25) is 0 Å². The molecule has 6 nitrogen and oxygen atoms in total. The predicted molar refractivity (Wildman–Crippen MR) is 83.4 cm³/mol. The van der Waals surface area contributed by atoms with Gasteiger partial charge in [0.05, 0.1) is 45.2 Å². The molecule has 20 heavy (non-hydrogen) atoms.